The number of anilines is 1. The van der Waals surface area contributed by atoms with Crippen molar-refractivity contribution in [2.45, 2.75) is 13.5 Å². The number of nitrogens with one attached hydrogen (secondary N) is 1. The van der Waals surface area contributed by atoms with Crippen LogP contribution in [0.5, 0.6) is 0 Å². The molecule has 0 bridgehead atoms. The number of hydrogen-bond donors (Lipinski definition) is 2. The lowest BCUT2D eigenvalue weighted by Crippen LogP contribution is -2.24. The van der Waals surface area contributed by atoms with Crippen LogP contribution in [0.15, 0.2) is 11.1 Å². The molecule has 0 spiro atoms. The number of rotatable bonds is 3. The predicted molar refractivity (Wildman–Crippen MR) is 72.8 cm³/mol. The molecule has 0 aromatic carbocycles. The lowest BCUT2D eigenvalue weighted by molar-refractivity contribution is 0.712. The summed E-state index contributed by atoms with van der Waals surface area (Å²) in [5.41, 5.74) is 3.07. The highest BCUT2D eigenvalue weighted by Gasteiger charge is 2.08. The van der Waals surface area contributed by atoms with Crippen molar-refractivity contribution in [3.05, 3.63) is 31.0 Å². The smallest absolute Gasteiger partial charge is 0.267 e. The zero-order chi connectivity index (χ0) is 12.4. The summed E-state index contributed by atoms with van der Waals surface area (Å²) < 4.78 is 2.11. The molecular weight excluding hydrogens is 355 g/mol. The average Bonchev–Trinajstić information content (AvgIpc) is 2.78. The summed E-state index contributed by atoms with van der Waals surface area (Å²) in [6.07, 6.45) is 1.51. The minimum absolute atomic E-state index is 0.0736. The van der Waals surface area contributed by atoms with E-state index in [9.17, 15) is 4.79 Å². The van der Waals surface area contributed by atoms with Crippen molar-refractivity contribution in [3.63, 3.8) is 0 Å². The third-order valence-electron chi connectivity index (χ3n) is 2.05. The Bertz CT molecular complexity index is 594. The van der Waals surface area contributed by atoms with Crippen LogP contribution in [0.25, 0.3) is 0 Å². The fraction of sp³-hybridized carbons (Fsp3) is 0.250. The van der Waals surface area contributed by atoms with Crippen LogP contribution in [0, 0.1) is 10.5 Å². The van der Waals surface area contributed by atoms with E-state index in [1.807, 2.05) is 22.6 Å². The van der Waals surface area contributed by atoms with E-state index in [1.165, 1.54) is 22.2 Å². The highest BCUT2D eigenvalue weighted by Crippen LogP contribution is 2.14. The van der Waals surface area contributed by atoms with Gasteiger partial charge in [0.05, 0.1) is 22.1 Å². The summed E-state index contributed by atoms with van der Waals surface area (Å²) in [7, 11) is 0. The zero-order valence-electron chi connectivity index (χ0n) is 8.85. The molecule has 0 aliphatic carbocycles. The second-order valence-electron chi connectivity index (χ2n) is 3.22. The van der Waals surface area contributed by atoms with E-state index >= 15 is 0 Å². The molecule has 0 radical (unpaired) electrons. The number of nitrogens with zero attached hydrogens (tertiary/aromatic N) is 4. The molecule has 0 atom stereocenters. The number of aryl methyl sites for hydroxylation is 1. The van der Waals surface area contributed by atoms with Crippen molar-refractivity contribution in [2.75, 3.05) is 5.43 Å². The van der Waals surface area contributed by atoms with Gasteiger partial charge in [-0.3, -0.25) is 14.8 Å². The lowest BCUT2D eigenvalue weighted by atomic mass is 10.4. The lowest BCUT2D eigenvalue weighted by Gasteiger charge is -2.03. The molecule has 17 heavy (non-hydrogen) atoms. The maximum absolute atomic E-state index is 11.9. The molecule has 0 saturated heterocycles. The van der Waals surface area contributed by atoms with Crippen LogP contribution in [0.3, 0.4) is 0 Å². The Morgan fingerprint density at radius 2 is 2.35 bits per heavy atom. The highest BCUT2D eigenvalue weighted by molar-refractivity contribution is 14.1. The van der Waals surface area contributed by atoms with E-state index in [-0.39, 0.29) is 5.56 Å². The Hall–Kier alpha value is -1.07. The van der Waals surface area contributed by atoms with E-state index in [2.05, 4.69) is 20.6 Å². The van der Waals surface area contributed by atoms with Gasteiger partial charge in [-0.2, -0.15) is 0 Å². The average molecular weight is 364 g/mol. The minimum Gasteiger partial charge on any atom is -0.298 e. The van der Waals surface area contributed by atoms with Crippen LogP contribution in [0.4, 0.5) is 5.13 Å². The highest BCUT2D eigenvalue weighted by atomic mass is 127. The second-order valence-corrected chi connectivity index (χ2v) is 5.36. The van der Waals surface area contributed by atoms with E-state index in [4.69, 9.17) is 5.84 Å². The Balaban J connectivity index is 2.30. The summed E-state index contributed by atoms with van der Waals surface area (Å²) in [6, 6.07) is 0. The quantitative estimate of drug-likeness (QED) is 0.463. The first-order chi connectivity index (χ1) is 8.11. The van der Waals surface area contributed by atoms with Gasteiger partial charge in [-0.05, 0) is 29.5 Å². The maximum Gasteiger partial charge on any atom is 0.267 e. The van der Waals surface area contributed by atoms with Crippen molar-refractivity contribution in [2.24, 2.45) is 5.84 Å². The van der Waals surface area contributed by atoms with Crippen LogP contribution in [0.2, 0.25) is 0 Å². The molecule has 3 N–H and O–H groups in total. The van der Waals surface area contributed by atoms with Gasteiger partial charge in [0.15, 0.2) is 0 Å². The van der Waals surface area contributed by atoms with Crippen LogP contribution >= 0.6 is 33.9 Å². The van der Waals surface area contributed by atoms with Gasteiger partial charge in [0.25, 0.3) is 5.56 Å². The molecule has 0 aliphatic rings. The topological polar surface area (TPSA) is 98.7 Å². The molecule has 0 aliphatic heterocycles. The molecule has 0 saturated carbocycles. The first-order valence-corrected chi connectivity index (χ1v) is 6.52. The number of nitrogen functional groups attached to an aromatic ring is 1. The van der Waals surface area contributed by atoms with Gasteiger partial charge in [0.1, 0.15) is 5.01 Å². The summed E-state index contributed by atoms with van der Waals surface area (Å²) in [5, 5.41) is 8.92. The van der Waals surface area contributed by atoms with E-state index in [0.717, 1.165) is 5.69 Å². The van der Waals surface area contributed by atoms with Gasteiger partial charge >= 0.3 is 0 Å². The van der Waals surface area contributed by atoms with Crippen molar-refractivity contribution in [1.29, 1.82) is 0 Å². The summed E-state index contributed by atoms with van der Waals surface area (Å²) >= 11 is 3.29. The van der Waals surface area contributed by atoms with E-state index < -0.39 is 0 Å². The zero-order valence-corrected chi connectivity index (χ0v) is 11.8. The van der Waals surface area contributed by atoms with Crippen molar-refractivity contribution in [1.82, 2.24) is 19.7 Å². The number of hydrazine groups is 1. The minimum atomic E-state index is -0.0736. The molecule has 0 unspecified atom stereocenters. The third kappa shape index (κ3) is 2.61. The molecule has 7 nitrogen and oxygen atoms in total. The number of nitrogens with two attached hydrogens (primary N) is 1. The third-order valence-corrected chi connectivity index (χ3v) is 4.13. The maximum atomic E-state index is 11.9. The first-order valence-electron chi connectivity index (χ1n) is 4.62. The van der Waals surface area contributed by atoms with Gasteiger partial charge in [0, 0.05) is 0 Å². The van der Waals surface area contributed by atoms with Gasteiger partial charge in [0.2, 0.25) is 5.13 Å². The van der Waals surface area contributed by atoms with Gasteiger partial charge in [-0.25, -0.2) is 10.8 Å². The van der Waals surface area contributed by atoms with E-state index in [0.29, 0.717) is 20.3 Å². The standard InChI is InChI=1S/C8H9IN6OS/c1-4-6(9)7(16)15(3-11-4)2-5-13-14-8(12-10)17-5/h3H,2,10H2,1H3,(H,12,14). The van der Waals surface area contributed by atoms with Gasteiger partial charge in [-0.1, -0.05) is 11.3 Å². The van der Waals surface area contributed by atoms with Crippen LogP contribution in [0.1, 0.15) is 10.7 Å². The second kappa shape index (κ2) is 5.06. The molecule has 2 rings (SSSR count). The fourth-order valence-electron chi connectivity index (χ4n) is 1.18. The van der Waals surface area contributed by atoms with E-state index in [1.54, 1.807) is 6.92 Å². The van der Waals surface area contributed by atoms with Gasteiger partial charge < -0.3 is 0 Å². The fourth-order valence-corrected chi connectivity index (χ4v) is 2.28. The van der Waals surface area contributed by atoms with Crippen LogP contribution in [-0.2, 0) is 6.54 Å². The van der Waals surface area contributed by atoms with Crippen LogP contribution in [-0.4, -0.2) is 19.7 Å². The van der Waals surface area contributed by atoms with Crippen molar-refractivity contribution in [3.8, 4) is 0 Å². The van der Waals surface area contributed by atoms with Gasteiger partial charge in [-0.15, -0.1) is 10.2 Å². The van der Waals surface area contributed by atoms with Crippen LogP contribution < -0.4 is 16.8 Å². The molecule has 0 amide bonds. The predicted octanol–water partition coefficient (Wildman–Crippen LogP) is 0.342. The normalized spacial score (nSPS) is 10.5. The summed E-state index contributed by atoms with van der Waals surface area (Å²) in [4.78, 5) is 16.0. The summed E-state index contributed by atoms with van der Waals surface area (Å²) in [5.74, 6) is 5.21. The van der Waals surface area contributed by atoms with Crippen molar-refractivity contribution < 1.29 is 0 Å². The molecule has 2 aromatic heterocycles. The summed E-state index contributed by atoms with van der Waals surface area (Å²) in [6.45, 7) is 2.15. The Morgan fingerprint density at radius 1 is 1.59 bits per heavy atom. The Morgan fingerprint density at radius 3 is 3.00 bits per heavy atom. The molecule has 0 fully saturated rings. The Kier molecular flexibility index (Phi) is 3.69. The first kappa shape index (κ1) is 12.4. The molecule has 9 heteroatoms. The SMILES string of the molecule is Cc1ncn(Cc2nnc(NN)s2)c(=O)c1I. The number of aromatic nitrogens is 4. The molecule has 2 heterocycles. The van der Waals surface area contributed by atoms with Crippen molar-refractivity contribution >= 4 is 39.1 Å². The number of hydrogen-bond acceptors (Lipinski definition) is 7. The number of halogens is 1. The monoisotopic (exact) mass is 364 g/mol. The molecule has 2 aromatic rings. The molecular formula is C8H9IN6OS. The molecule has 90 valence electrons. The largest absolute Gasteiger partial charge is 0.298 e. The Labute approximate surface area is 114 Å².